The van der Waals surface area contributed by atoms with Crippen molar-refractivity contribution in [3.05, 3.63) is 29.6 Å². The average molecular weight is 260 g/mol. The third-order valence-corrected chi connectivity index (χ3v) is 4.40. The van der Waals surface area contributed by atoms with Crippen molar-refractivity contribution >= 4 is 0 Å². The summed E-state index contributed by atoms with van der Waals surface area (Å²) in [6.45, 7) is 11.5. The molecule has 0 radical (unpaired) electrons. The number of piperidine rings is 1. The quantitative estimate of drug-likeness (QED) is 0.887. The fourth-order valence-electron chi connectivity index (χ4n) is 3.46. The van der Waals surface area contributed by atoms with E-state index in [1.165, 1.54) is 24.1 Å². The van der Waals surface area contributed by atoms with Crippen LogP contribution in [0.5, 0.6) is 0 Å². The first-order valence-corrected chi connectivity index (χ1v) is 7.76. The first-order chi connectivity index (χ1) is 9.09. The zero-order valence-electron chi connectivity index (χ0n) is 12.8. The summed E-state index contributed by atoms with van der Waals surface area (Å²) in [5.74, 6) is 2.58. The predicted octanol–water partition coefficient (Wildman–Crippen LogP) is 3.94. The van der Waals surface area contributed by atoms with Crippen LogP contribution in [0.25, 0.3) is 0 Å². The van der Waals surface area contributed by atoms with Gasteiger partial charge >= 0.3 is 0 Å². The number of aromatic nitrogens is 1. The van der Waals surface area contributed by atoms with E-state index in [4.69, 9.17) is 4.98 Å². The molecule has 0 spiro atoms. The second-order valence-electron chi connectivity index (χ2n) is 6.55. The van der Waals surface area contributed by atoms with Crippen LogP contribution in [0.1, 0.15) is 63.6 Å². The van der Waals surface area contributed by atoms with Gasteiger partial charge in [-0.2, -0.15) is 0 Å². The second-order valence-corrected chi connectivity index (χ2v) is 6.55. The Hall–Kier alpha value is -0.890. The van der Waals surface area contributed by atoms with Crippen molar-refractivity contribution in [1.82, 2.24) is 10.3 Å². The molecule has 2 rings (SSSR count). The van der Waals surface area contributed by atoms with Crippen molar-refractivity contribution in [3.63, 3.8) is 0 Å². The smallest absolute Gasteiger partial charge is 0.0439 e. The fraction of sp³-hybridized carbons (Fsp3) is 0.706. The van der Waals surface area contributed by atoms with E-state index in [9.17, 15) is 0 Å². The van der Waals surface area contributed by atoms with Gasteiger partial charge < -0.3 is 5.32 Å². The van der Waals surface area contributed by atoms with Crippen LogP contribution < -0.4 is 5.32 Å². The molecule has 106 valence electrons. The zero-order chi connectivity index (χ0) is 13.8. The standard InChI is InChI=1S/C17H28N2/c1-12(2)17(13(3)4)16-6-5-15(11-19-16)14-7-9-18-10-8-14/h5-6,11-14,17-18H,7-10H2,1-4H3. The van der Waals surface area contributed by atoms with E-state index >= 15 is 0 Å². The lowest BCUT2D eigenvalue weighted by Crippen LogP contribution is -2.26. The summed E-state index contributed by atoms with van der Waals surface area (Å²) in [4.78, 5) is 4.78. The van der Waals surface area contributed by atoms with Gasteiger partial charge in [0, 0.05) is 17.8 Å². The molecule has 2 heterocycles. The van der Waals surface area contributed by atoms with Crippen molar-refractivity contribution in [1.29, 1.82) is 0 Å². The van der Waals surface area contributed by atoms with Gasteiger partial charge in [0.1, 0.15) is 0 Å². The van der Waals surface area contributed by atoms with Gasteiger partial charge in [-0.05, 0) is 55.3 Å². The molecule has 0 aromatic carbocycles. The summed E-state index contributed by atoms with van der Waals surface area (Å²) in [7, 11) is 0. The van der Waals surface area contributed by atoms with Crippen molar-refractivity contribution in [2.45, 2.75) is 52.4 Å². The Morgan fingerprint density at radius 2 is 1.68 bits per heavy atom. The Bertz CT molecular complexity index is 367. The topological polar surface area (TPSA) is 24.9 Å². The van der Waals surface area contributed by atoms with Crippen molar-refractivity contribution in [2.75, 3.05) is 13.1 Å². The van der Waals surface area contributed by atoms with Gasteiger partial charge in [-0.15, -0.1) is 0 Å². The minimum atomic E-state index is 0.571. The van der Waals surface area contributed by atoms with Gasteiger partial charge in [0.25, 0.3) is 0 Å². The van der Waals surface area contributed by atoms with Crippen LogP contribution in [0.2, 0.25) is 0 Å². The summed E-state index contributed by atoms with van der Waals surface area (Å²) in [6.07, 6.45) is 4.63. The predicted molar refractivity (Wildman–Crippen MR) is 81.5 cm³/mol. The van der Waals surface area contributed by atoms with E-state index < -0.39 is 0 Å². The van der Waals surface area contributed by atoms with Crippen molar-refractivity contribution in [3.8, 4) is 0 Å². The number of rotatable bonds is 4. The summed E-state index contributed by atoms with van der Waals surface area (Å²) >= 11 is 0. The molecule has 0 atom stereocenters. The van der Waals surface area contributed by atoms with Crippen LogP contribution in [0.15, 0.2) is 18.3 Å². The second kappa shape index (κ2) is 6.51. The molecule has 1 aromatic rings. The SMILES string of the molecule is CC(C)C(c1ccc(C2CCNCC2)cn1)C(C)C. The van der Waals surface area contributed by atoms with E-state index in [1.54, 1.807) is 0 Å². The molecule has 1 saturated heterocycles. The third kappa shape index (κ3) is 3.56. The van der Waals surface area contributed by atoms with Gasteiger partial charge in [-0.25, -0.2) is 0 Å². The number of pyridine rings is 1. The Morgan fingerprint density at radius 1 is 1.05 bits per heavy atom. The molecule has 1 aromatic heterocycles. The average Bonchev–Trinajstić information content (AvgIpc) is 2.40. The molecule has 0 bridgehead atoms. The van der Waals surface area contributed by atoms with Crippen molar-refractivity contribution < 1.29 is 0 Å². The Kier molecular flexibility index (Phi) is 4.98. The van der Waals surface area contributed by atoms with E-state index in [1.807, 2.05) is 0 Å². The number of hydrogen-bond acceptors (Lipinski definition) is 2. The summed E-state index contributed by atoms with van der Waals surface area (Å²) in [5, 5.41) is 3.42. The number of hydrogen-bond donors (Lipinski definition) is 1. The maximum Gasteiger partial charge on any atom is 0.0439 e. The third-order valence-electron chi connectivity index (χ3n) is 4.40. The monoisotopic (exact) mass is 260 g/mol. The van der Waals surface area contributed by atoms with Crippen LogP contribution in [0, 0.1) is 11.8 Å². The molecule has 0 amide bonds. The van der Waals surface area contributed by atoms with Crippen LogP contribution in [-0.4, -0.2) is 18.1 Å². The molecular weight excluding hydrogens is 232 g/mol. The summed E-state index contributed by atoms with van der Waals surface area (Å²) in [6, 6.07) is 4.58. The lowest BCUT2D eigenvalue weighted by molar-refractivity contribution is 0.379. The van der Waals surface area contributed by atoms with Gasteiger partial charge in [-0.3, -0.25) is 4.98 Å². The molecule has 2 heteroatoms. The number of nitrogens with zero attached hydrogens (tertiary/aromatic N) is 1. The highest BCUT2D eigenvalue weighted by molar-refractivity contribution is 5.21. The summed E-state index contributed by atoms with van der Waals surface area (Å²) < 4.78 is 0. The lowest BCUT2D eigenvalue weighted by atomic mass is 9.82. The van der Waals surface area contributed by atoms with Gasteiger partial charge in [0.15, 0.2) is 0 Å². The van der Waals surface area contributed by atoms with Crippen LogP contribution in [0.3, 0.4) is 0 Å². The fourth-order valence-corrected chi connectivity index (χ4v) is 3.46. The van der Waals surface area contributed by atoms with E-state index in [-0.39, 0.29) is 0 Å². The molecule has 0 aliphatic carbocycles. The normalized spacial score (nSPS) is 17.6. The molecule has 19 heavy (non-hydrogen) atoms. The molecule has 0 saturated carbocycles. The molecule has 0 unspecified atom stereocenters. The highest BCUT2D eigenvalue weighted by Crippen LogP contribution is 2.32. The largest absolute Gasteiger partial charge is 0.317 e. The highest BCUT2D eigenvalue weighted by atomic mass is 14.9. The molecule has 1 aliphatic heterocycles. The molecule has 1 fully saturated rings. The Labute approximate surface area is 118 Å². The molecule has 1 aliphatic rings. The van der Waals surface area contributed by atoms with Gasteiger partial charge in [0.05, 0.1) is 0 Å². The minimum Gasteiger partial charge on any atom is -0.317 e. The molecule has 1 N–H and O–H groups in total. The zero-order valence-corrected chi connectivity index (χ0v) is 12.8. The Morgan fingerprint density at radius 3 is 2.16 bits per heavy atom. The van der Waals surface area contributed by atoms with Crippen LogP contribution in [-0.2, 0) is 0 Å². The van der Waals surface area contributed by atoms with Gasteiger partial charge in [-0.1, -0.05) is 33.8 Å². The molecular formula is C17H28N2. The Balaban J connectivity index is 2.12. The van der Waals surface area contributed by atoms with E-state index in [0.29, 0.717) is 23.7 Å². The highest BCUT2D eigenvalue weighted by Gasteiger charge is 2.22. The first-order valence-electron chi connectivity index (χ1n) is 7.76. The van der Waals surface area contributed by atoms with Crippen LogP contribution in [0.4, 0.5) is 0 Å². The summed E-state index contributed by atoms with van der Waals surface area (Å²) in [5.41, 5.74) is 2.69. The lowest BCUT2D eigenvalue weighted by Gasteiger charge is -2.26. The van der Waals surface area contributed by atoms with E-state index in [2.05, 4.69) is 51.3 Å². The molecule has 2 nitrogen and oxygen atoms in total. The van der Waals surface area contributed by atoms with Crippen molar-refractivity contribution in [2.24, 2.45) is 11.8 Å². The maximum absolute atomic E-state index is 4.78. The first kappa shape index (κ1) is 14.5. The van der Waals surface area contributed by atoms with Crippen LogP contribution >= 0.6 is 0 Å². The minimum absolute atomic E-state index is 0.571. The van der Waals surface area contributed by atoms with Gasteiger partial charge in [0.2, 0.25) is 0 Å². The maximum atomic E-state index is 4.78. The number of nitrogens with one attached hydrogen (secondary N) is 1. The van der Waals surface area contributed by atoms with E-state index in [0.717, 1.165) is 13.1 Å².